The molecule has 0 saturated carbocycles. The van der Waals surface area contributed by atoms with Crippen LogP contribution in [0.5, 0.6) is 0 Å². The van der Waals surface area contributed by atoms with Crippen molar-refractivity contribution in [1.29, 1.82) is 0 Å². The zero-order chi connectivity index (χ0) is 12.6. The van der Waals surface area contributed by atoms with Crippen molar-refractivity contribution in [1.82, 2.24) is 4.90 Å². The highest BCUT2D eigenvalue weighted by molar-refractivity contribution is 5.78. The molecule has 0 aromatic carbocycles. The van der Waals surface area contributed by atoms with Gasteiger partial charge in [0.05, 0.1) is 13.1 Å². The number of amides is 1. The van der Waals surface area contributed by atoms with E-state index in [4.69, 9.17) is 4.74 Å². The number of hydrogen-bond donors (Lipinski definition) is 1. The Hall–Kier alpha value is -1.10. The van der Waals surface area contributed by atoms with E-state index in [0.717, 1.165) is 0 Å². The highest BCUT2D eigenvalue weighted by atomic mass is 16.6. The lowest BCUT2D eigenvalue weighted by atomic mass is 9.89. The van der Waals surface area contributed by atoms with Crippen LogP contribution in [0.1, 0.15) is 34.1 Å². The molecule has 1 amide bonds. The van der Waals surface area contributed by atoms with E-state index in [9.17, 15) is 14.7 Å². The zero-order valence-corrected chi connectivity index (χ0v) is 10.2. The fourth-order valence-electron chi connectivity index (χ4n) is 1.70. The fourth-order valence-corrected chi connectivity index (χ4v) is 1.70. The van der Waals surface area contributed by atoms with Gasteiger partial charge in [0.1, 0.15) is 17.0 Å². The van der Waals surface area contributed by atoms with Crippen molar-refractivity contribution >= 4 is 11.9 Å². The number of carbonyl (C=O) groups excluding carboxylic acids is 2. The molecule has 0 spiro atoms. The van der Waals surface area contributed by atoms with E-state index in [1.807, 2.05) is 0 Å². The summed E-state index contributed by atoms with van der Waals surface area (Å²) in [6, 6.07) is 0. The summed E-state index contributed by atoms with van der Waals surface area (Å²) in [5.74, 6) is -0.0775. The molecule has 16 heavy (non-hydrogen) atoms. The van der Waals surface area contributed by atoms with E-state index in [1.165, 1.54) is 11.8 Å². The molecule has 0 bridgehead atoms. The first-order valence-electron chi connectivity index (χ1n) is 5.31. The Bertz CT molecular complexity index is 300. The van der Waals surface area contributed by atoms with Crippen molar-refractivity contribution in [3.8, 4) is 0 Å². The number of rotatable bonds is 2. The number of Topliss-reactive ketones (excluding diaryl/α,β-unsaturated/α-hetero) is 1. The predicted molar refractivity (Wildman–Crippen MR) is 58.1 cm³/mol. The summed E-state index contributed by atoms with van der Waals surface area (Å²) >= 11 is 0. The second-order valence-corrected chi connectivity index (χ2v) is 5.44. The molecule has 0 atom stereocenters. The molecule has 92 valence electrons. The number of ketones is 1. The van der Waals surface area contributed by atoms with Crippen LogP contribution in [0.4, 0.5) is 4.79 Å². The third-order valence-electron chi connectivity index (χ3n) is 2.20. The number of likely N-dealkylation sites (tertiary alicyclic amines) is 1. The zero-order valence-electron chi connectivity index (χ0n) is 10.2. The quantitative estimate of drug-likeness (QED) is 0.765. The number of aliphatic hydroxyl groups is 1. The Labute approximate surface area is 95.4 Å². The summed E-state index contributed by atoms with van der Waals surface area (Å²) in [7, 11) is 0. The standard InChI is InChI=1S/C11H19NO4/c1-8(13)5-11(15)6-12(7-11)9(14)16-10(2,3)4/h15H,5-7H2,1-4H3. The summed E-state index contributed by atoms with van der Waals surface area (Å²) in [4.78, 5) is 23.8. The van der Waals surface area contributed by atoms with Gasteiger partial charge in [-0.3, -0.25) is 4.79 Å². The van der Waals surface area contributed by atoms with E-state index in [0.29, 0.717) is 0 Å². The molecule has 1 aliphatic rings. The van der Waals surface area contributed by atoms with Crippen molar-refractivity contribution in [2.75, 3.05) is 13.1 Å². The molecule has 5 nitrogen and oxygen atoms in total. The van der Waals surface area contributed by atoms with Gasteiger partial charge in [-0.05, 0) is 27.7 Å². The number of nitrogens with zero attached hydrogens (tertiary/aromatic N) is 1. The Morgan fingerprint density at radius 1 is 1.38 bits per heavy atom. The van der Waals surface area contributed by atoms with Crippen LogP contribution in [0.15, 0.2) is 0 Å². The highest BCUT2D eigenvalue weighted by Gasteiger charge is 2.45. The van der Waals surface area contributed by atoms with Crippen LogP contribution in [0.3, 0.4) is 0 Å². The van der Waals surface area contributed by atoms with Gasteiger partial charge < -0.3 is 14.7 Å². The number of hydrogen-bond acceptors (Lipinski definition) is 4. The van der Waals surface area contributed by atoms with Crippen LogP contribution in [0, 0.1) is 0 Å². The lowest BCUT2D eigenvalue weighted by molar-refractivity contribution is -0.134. The van der Waals surface area contributed by atoms with E-state index >= 15 is 0 Å². The minimum absolute atomic E-state index is 0.0775. The molecular weight excluding hydrogens is 210 g/mol. The normalized spacial score (nSPS) is 18.9. The van der Waals surface area contributed by atoms with E-state index in [2.05, 4.69) is 0 Å². The third kappa shape index (κ3) is 3.48. The van der Waals surface area contributed by atoms with Crippen molar-refractivity contribution < 1.29 is 19.4 Å². The minimum Gasteiger partial charge on any atom is -0.444 e. The summed E-state index contributed by atoms with van der Waals surface area (Å²) in [6.07, 6.45) is -0.354. The van der Waals surface area contributed by atoms with E-state index < -0.39 is 17.3 Å². The van der Waals surface area contributed by atoms with Crippen LogP contribution in [0.2, 0.25) is 0 Å². The molecule has 0 unspecified atom stereocenters. The van der Waals surface area contributed by atoms with Crippen LogP contribution in [-0.4, -0.2) is 46.2 Å². The lowest BCUT2D eigenvalue weighted by Gasteiger charge is -2.45. The van der Waals surface area contributed by atoms with Gasteiger partial charge in [-0.2, -0.15) is 0 Å². The summed E-state index contributed by atoms with van der Waals surface area (Å²) in [6.45, 7) is 7.11. The summed E-state index contributed by atoms with van der Waals surface area (Å²) < 4.78 is 5.13. The van der Waals surface area contributed by atoms with E-state index in [-0.39, 0.29) is 25.3 Å². The maximum atomic E-state index is 11.5. The Morgan fingerprint density at radius 3 is 2.25 bits per heavy atom. The van der Waals surface area contributed by atoms with Crippen LogP contribution >= 0.6 is 0 Å². The van der Waals surface area contributed by atoms with Gasteiger partial charge in [0, 0.05) is 6.42 Å². The SMILES string of the molecule is CC(=O)CC1(O)CN(C(=O)OC(C)(C)C)C1. The van der Waals surface area contributed by atoms with Gasteiger partial charge in [0.2, 0.25) is 0 Å². The van der Waals surface area contributed by atoms with Gasteiger partial charge in [-0.25, -0.2) is 4.79 Å². The third-order valence-corrected chi connectivity index (χ3v) is 2.20. The van der Waals surface area contributed by atoms with Gasteiger partial charge >= 0.3 is 6.09 Å². The van der Waals surface area contributed by atoms with E-state index in [1.54, 1.807) is 20.8 Å². The second-order valence-electron chi connectivity index (χ2n) is 5.44. The van der Waals surface area contributed by atoms with Gasteiger partial charge in [0.25, 0.3) is 0 Å². The molecule has 1 fully saturated rings. The Kier molecular flexibility index (Phi) is 3.28. The molecule has 1 N–H and O–H groups in total. The topological polar surface area (TPSA) is 66.8 Å². The molecule has 1 heterocycles. The average Bonchev–Trinajstić information content (AvgIpc) is 1.94. The summed E-state index contributed by atoms with van der Waals surface area (Å²) in [5.41, 5.74) is -1.59. The molecule has 5 heteroatoms. The fraction of sp³-hybridized carbons (Fsp3) is 0.818. The number of β-amino-alcohol motifs (C(OH)–C–C–N with tert-alkyl or cyclic N) is 1. The smallest absolute Gasteiger partial charge is 0.410 e. The second kappa shape index (κ2) is 4.05. The van der Waals surface area contributed by atoms with Gasteiger partial charge in [-0.15, -0.1) is 0 Å². The number of ether oxygens (including phenoxy) is 1. The van der Waals surface area contributed by atoms with Crippen LogP contribution < -0.4 is 0 Å². The predicted octanol–water partition coefficient (Wildman–Crippen LogP) is 0.947. The van der Waals surface area contributed by atoms with Crippen molar-refractivity contribution in [3.63, 3.8) is 0 Å². The first-order valence-corrected chi connectivity index (χ1v) is 5.31. The molecule has 1 aliphatic heterocycles. The molecule has 1 saturated heterocycles. The Morgan fingerprint density at radius 2 is 1.88 bits per heavy atom. The molecular formula is C11H19NO4. The van der Waals surface area contributed by atoms with Crippen LogP contribution in [0.25, 0.3) is 0 Å². The largest absolute Gasteiger partial charge is 0.444 e. The number of carbonyl (C=O) groups is 2. The summed E-state index contributed by atoms with van der Waals surface area (Å²) in [5, 5.41) is 9.83. The first kappa shape index (κ1) is 13.0. The lowest BCUT2D eigenvalue weighted by Crippen LogP contribution is -2.64. The Balaban J connectivity index is 2.41. The monoisotopic (exact) mass is 229 g/mol. The van der Waals surface area contributed by atoms with Crippen molar-refractivity contribution in [2.45, 2.75) is 45.3 Å². The van der Waals surface area contributed by atoms with Gasteiger partial charge in [0.15, 0.2) is 0 Å². The van der Waals surface area contributed by atoms with Crippen LogP contribution in [-0.2, 0) is 9.53 Å². The van der Waals surface area contributed by atoms with Crippen molar-refractivity contribution in [3.05, 3.63) is 0 Å². The highest BCUT2D eigenvalue weighted by Crippen LogP contribution is 2.26. The molecule has 0 aromatic heterocycles. The molecule has 0 radical (unpaired) electrons. The van der Waals surface area contributed by atoms with Gasteiger partial charge in [-0.1, -0.05) is 0 Å². The maximum Gasteiger partial charge on any atom is 0.410 e. The minimum atomic E-state index is -1.05. The average molecular weight is 229 g/mol. The molecule has 0 aromatic rings. The molecule has 0 aliphatic carbocycles. The maximum absolute atomic E-state index is 11.5. The molecule has 1 rings (SSSR count). The first-order chi connectivity index (χ1) is 7.11. The van der Waals surface area contributed by atoms with Crippen molar-refractivity contribution in [2.24, 2.45) is 0 Å².